The summed E-state index contributed by atoms with van der Waals surface area (Å²) in [4.78, 5) is 35.4. The van der Waals surface area contributed by atoms with Crippen molar-refractivity contribution in [2.45, 2.75) is 37.8 Å². The minimum Gasteiger partial charge on any atom is -0.469 e. The number of hydrogen-bond donors (Lipinski definition) is 0. The quantitative estimate of drug-likeness (QED) is 0.518. The van der Waals surface area contributed by atoms with Gasteiger partial charge < -0.3 is 23.7 Å². The average molecular weight is 290 g/mol. The minimum absolute atomic E-state index is 0.528. The minimum atomic E-state index is -1.93. The Kier molecular flexibility index (Phi) is 4.72. The number of methoxy groups -OCH3 is 3. The van der Waals surface area contributed by atoms with Gasteiger partial charge in [0.05, 0.1) is 27.8 Å². The molecule has 0 amide bonds. The van der Waals surface area contributed by atoms with Crippen molar-refractivity contribution >= 4 is 17.9 Å². The third-order valence-corrected chi connectivity index (χ3v) is 2.83. The predicted octanol–water partition coefficient (Wildman–Crippen LogP) is -0.214. The van der Waals surface area contributed by atoms with Crippen molar-refractivity contribution in [3.05, 3.63) is 0 Å². The van der Waals surface area contributed by atoms with Gasteiger partial charge in [-0.25, -0.2) is 9.59 Å². The molecule has 0 aromatic rings. The van der Waals surface area contributed by atoms with E-state index in [4.69, 9.17) is 9.47 Å². The van der Waals surface area contributed by atoms with Gasteiger partial charge in [-0.05, 0) is 13.8 Å². The fourth-order valence-electron chi connectivity index (χ4n) is 2.05. The second-order valence-corrected chi connectivity index (χ2v) is 4.66. The maximum Gasteiger partial charge on any atom is 0.342 e. The molecule has 1 fully saturated rings. The zero-order valence-electron chi connectivity index (χ0n) is 12.1. The van der Waals surface area contributed by atoms with Crippen molar-refractivity contribution in [3.8, 4) is 0 Å². The van der Waals surface area contributed by atoms with E-state index >= 15 is 0 Å². The van der Waals surface area contributed by atoms with Gasteiger partial charge in [0.2, 0.25) is 5.60 Å². The molecule has 1 rings (SSSR count). The van der Waals surface area contributed by atoms with Crippen LogP contribution in [0.2, 0.25) is 0 Å². The van der Waals surface area contributed by atoms with E-state index in [1.807, 2.05) is 0 Å². The van der Waals surface area contributed by atoms with Crippen molar-refractivity contribution in [2.24, 2.45) is 0 Å². The van der Waals surface area contributed by atoms with Crippen LogP contribution in [0, 0.1) is 0 Å². The summed E-state index contributed by atoms with van der Waals surface area (Å²) in [6.45, 7) is 3.01. The first-order chi connectivity index (χ1) is 9.22. The normalized spacial score (nSPS) is 27.8. The summed E-state index contributed by atoms with van der Waals surface area (Å²) in [7, 11) is 3.41. The highest BCUT2D eigenvalue weighted by molar-refractivity contribution is 5.93. The molecule has 2 atom stereocenters. The molecule has 8 nitrogen and oxygen atoms in total. The Morgan fingerprint density at radius 2 is 1.65 bits per heavy atom. The lowest BCUT2D eigenvalue weighted by Gasteiger charge is -2.27. The molecule has 0 unspecified atom stereocenters. The molecule has 1 saturated heterocycles. The number of hydrogen-bond acceptors (Lipinski definition) is 8. The van der Waals surface area contributed by atoms with Gasteiger partial charge in [-0.1, -0.05) is 0 Å². The molecule has 0 spiro atoms. The monoisotopic (exact) mass is 290 g/mol. The van der Waals surface area contributed by atoms with Crippen molar-refractivity contribution in [1.29, 1.82) is 0 Å². The topological polar surface area (TPSA) is 97.4 Å². The Bertz CT molecular complexity index is 416. The van der Waals surface area contributed by atoms with Crippen LogP contribution in [0.15, 0.2) is 0 Å². The molecule has 20 heavy (non-hydrogen) atoms. The van der Waals surface area contributed by atoms with E-state index in [9.17, 15) is 14.4 Å². The number of ether oxygens (including phenoxy) is 5. The lowest BCUT2D eigenvalue weighted by molar-refractivity contribution is -0.192. The second kappa shape index (κ2) is 5.76. The molecule has 1 heterocycles. The molecule has 0 bridgehead atoms. The summed E-state index contributed by atoms with van der Waals surface area (Å²) >= 11 is 0. The van der Waals surface area contributed by atoms with Gasteiger partial charge in [-0.15, -0.1) is 0 Å². The molecule has 0 N–H and O–H groups in total. The number of esters is 3. The van der Waals surface area contributed by atoms with Crippen molar-refractivity contribution in [3.63, 3.8) is 0 Å². The summed E-state index contributed by atoms with van der Waals surface area (Å²) in [6, 6.07) is 0. The van der Waals surface area contributed by atoms with Gasteiger partial charge in [-0.3, -0.25) is 4.79 Å². The first kappa shape index (κ1) is 16.4. The van der Waals surface area contributed by atoms with E-state index in [0.29, 0.717) is 0 Å². The molecule has 0 saturated carbocycles. The smallest absolute Gasteiger partial charge is 0.342 e. The first-order valence-electron chi connectivity index (χ1n) is 5.83. The molecule has 0 aromatic carbocycles. The molecule has 1 aliphatic heterocycles. The maximum atomic E-state index is 12.1. The number of carbonyl (C=O) groups excluding carboxylic acids is 3. The van der Waals surface area contributed by atoms with Crippen LogP contribution < -0.4 is 0 Å². The van der Waals surface area contributed by atoms with Crippen LogP contribution >= 0.6 is 0 Å². The van der Waals surface area contributed by atoms with Gasteiger partial charge in [0, 0.05) is 0 Å². The van der Waals surface area contributed by atoms with Gasteiger partial charge >= 0.3 is 17.9 Å². The van der Waals surface area contributed by atoms with Crippen LogP contribution in [-0.2, 0) is 38.1 Å². The third-order valence-electron chi connectivity index (χ3n) is 2.83. The highest BCUT2D eigenvalue weighted by atomic mass is 16.8. The van der Waals surface area contributed by atoms with E-state index in [1.54, 1.807) is 0 Å². The lowest BCUT2D eigenvalue weighted by atomic mass is 9.92. The second-order valence-electron chi connectivity index (χ2n) is 4.66. The van der Waals surface area contributed by atoms with Crippen LogP contribution in [0.5, 0.6) is 0 Å². The van der Waals surface area contributed by atoms with Crippen molar-refractivity contribution < 1.29 is 38.1 Å². The Balaban J connectivity index is 3.26. The van der Waals surface area contributed by atoms with E-state index in [0.717, 1.165) is 21.3 Å². The largest absolute Gasteiger partial charge is 0.469 e. The summed E-state index contributed by atoms with van der Waals surface area (Å²) in [5, 5.41) is 0. The molecule has 0 aliphatic carbocycles. The van der Waals surface area contributed by atoms with Crippen molar-refractivity contribution in [2.75, 3.05) is 21.3 Å². The van der Waals surface area contributed by atoms with Crippen LogP contribution in [0.3, 0.4) is 0 Å². The highest BCUT2D eigenvalue weighted by Gasteiger charge is 2.64. The third kappa shape index (κ3) is 2.91. The lowest BCUT2D eigenvalue weighted by Crippen LogP contribution is -2.53. The first-order valence-corrected chi connectivity index (χ1v) is 5.83. The Morgan fingerprint density at radius 3 is 2.10 bits per heavy atom. The van der Waals surface area contributed by atoms with E-state index in [2.05, 4.69) is 14.2 Å². The van der Waals surface area contributed by atoms with E-state index in [-0.39, 0.29) is 0 Å². The summed E-state index contributed by atoms with van der Waals surface area (Å²) in [5.74, 6) is -3.76. The Labute approximate surface area is 116 Å². The SMILES string of the molecule is COC(=O)C[C@@]1(C(=O)OC)OC(C)(C)O[C@H]1C(=O)OC. The number of rotatable bonds is 4. The molecule has 0 radical (unpaired) electrons. The highest BCUT2D eigenvalue weighted by Crippen LogP contribution is 2.40. The molecule has 114 valence electrons. The molecule has 1 aliphatic rings. The van der Waals surface area contributed by atoms with E-state index < -0.39 is 41.8 Å². The summed E-state index contributed by atoms with van der Waals surface area (Å²) in [6.07, 6.45) is -1.95. The van der Waals surface area contributed by atoms with Gasteiger partial charge in [0.25, 0.3) is 0 Å². The van der Waals surface area contributed by atoms with Crippen LogP contribution in [0.4, 0.5) is 0 Å². The Morgan fingerprint density at radius 1 is 1.05 bits per heavy atom. The van der Waals surface area contributed by atoms with Crippen LogP contribution in [-0.4, -0.2) is 56.7 Å². The summed E-state index contributed by atoms with van der Waals surface area (Å²) in [5.41, 5.74) is -1.93. The zero-order valence-corrected chi connectivity index (χ0v) is 12.1. The van der Waals surface area contributed by atoms with Gasteiger partial charge in [-0.2, -0.15) is 0 Å². The number of carbonyl (C=O) groups is 3. The van der Waals surface area contributed by atoms with Crippen LogP contribution in [0.1, 0.15) is 20.3 Å². The standard InChI is InChI=1S/C12H18O8/c1-11(2)19-8(9(14)17-4)12(20-11,10(15)18-5)6-7(13)16-3/h8H,6H2,1-5H3/t8-,12+/m0/s1. The molecule has 0 aromatic heterocycles. The maximum absolute atomic E-state index is 12.1. The molecular weight excluding hydrogens is 272 g/mol. The zero-order chi connectivity index (χ0) is 15.6. The average Bonchev–Trinajstić information content (AvgIpc) is 2.68. The van der Waals surface area contributed by atoms with Crippen molar-refractivity contribution in [1.82, 2.24) is 0 Å². The molecule has 8 heteroatoms. The van der Waals surface area contributed by atoms with Crippen LogP contribution in [0.25, 0.3) is 0 Å². The fourth-order valence-corrected chi connectivity index (χ4v) is 2.05. The Hall–Kier alpha value is -1.67. The fraction of sp³-hybridized carbons (Fsp3) is 0.750. The summed E-state index contributed by atoms with van der Waals surface area (Å²) < 4.78 is 24.6. The van der Waals surface area contributed by atoms with Gasteiger partial charge in [0.1, 0.15) is 0 Å². The predicted molar refractivity (Wildman–Crippen MR) is 63.4 cm³/mol. The van der Waals surface area contributed by atoms with Gasteiger partial charge in [0.15, 0.2) is 11.9 Å². The van der Waals surface area contributed by atoms with E-state index in [1.165, 1.54) is 13.8 Å². The molecular formula is C12H18O8.